The first-order chi connectivity index (χ1) is 11.6. The molecule has 0 amide bonds. The van der Waals surface area contributed by atoms with Crippen molar-refractivity contribution in [3.63, 3.8) is 0 Å². The molecular weight excluding hydrogens is 298 g/mol. The normalized spacial score (nSPS) is 16.3. The SMILES string of the molecule is CC(=O)c1c2n(c3ccccc13)CCC2C(=O)c1ccc(C)cc1. The van der Waals surface area contributed by atoms with E-state index in [1.807, 2.05) is 55.5 Å². The molecule has 1 aliphatic heterocycles. The van der Waals surface area contributed by atoms with E-state index in [-0.39, 0.29) is 17.5 Å². The van der Waals surface area contributed by atoms with E-state index >= 15 is 0 Å². The molecule has 3 aromatic rings. The first kappa shape index (κ1) is 14.9. The zero-order valence-electron chi connectivity index (χ0n) is 13.9. The average molecular weight is 317 g/mol. The van der Waals surface area contributed by atoms with Gasteiger partial charge >= 0.3 is 0 Å². The Hall–Kier alpha value is -2.68. The van der Waals surface area contributed by atoms with Crippen LogP contribution in [-0.2, 0) is 6.54 Å². The van der Waals surface area contributed by atoms with E-state index in [2.05, 4.69) is 4.57 Å². The zero-order valence-corrected chi connectivity index (χ0v) is 13.9. The van der Waals surface area contributed by atoms with Crippen molar-refractivity contribution in [1.82, 2.24) is 4.57 Å². The van der Waals surface area contributed by atoms with Gasteiger partial charge in [0.25, 0.3) is 0 Å². The third-order valence-corrected chi connectivity index (χ3v) is 4.99. The topological polar surface area (TPSA) is 39.1 Å². The maximum atomic E-state index is 13.0. The van der Waals surface area contributed by atoms with Crippen LogP contribution in [0.3, 0.4) is 0 Å². The second-order valence-corrected chi connectivity index (χ2v) is 6.56. The van der Waals surface area contributed by atoms with Gasteiger partial charge in [-0.1, -0.05) is 48.0 Å². The predicted octanol–water partition coefficient (Wildman–Crippen LogP) is 4.52. The van der Waals surface area contributed by atoms with E-state index in [0.717, 1.165) is 40.7 Å². The molecule has 1 atom stereocenters. The molecule has 0 saturated carbocycles. The molecule has 24 heavy (non-hydrogen) atoms. The number of hydrogen-bond donors (Lipinski definition) is 0. The number of fused-ring (bicyclic) bond motifs is 3. The number of carbonyl (C=O) groups excluding carboxylic acids is 2. The van der Waals surface area contributed by atoms with Crippen molar-refractivity contribution < 1.29 is 9.59 Å². The fourth-order valence-corrected chi connectivity index (χ4v) is 3.87. The van der Waals surface area contributed by atoms with Crippen LogP contribution in [0.1, 0.15) is 51.2 Å². The smallest absolute Gasteiger partial charge is 0.171 e. The molecule has 3 heteroatoms. The number of benzene rings is 2. The van der Waals surface area contributed by atoms with Crippen molar-refractivity contribution in [2.45, 2.75) is 32.7 Å². The quantitative estimate of drug-likeness (QED) is 0.666. The molecule has 1 aromatic heterocycles. The van der Waals surface area contributed by atoms with Crippen LogP contribution in [0.4, 0.5) is 0 Å². The minimum Gasteiger partial charge on any atom is -0.343 e. The second-order valence-electron chi connectivity index (χ2n) is 6.56. The molecular formula is C21H19NO2. The summed E-state index contributed by atoms with van der Waals surface area (Å²) in [5.74, 6) is -0.0957. The van der Waals surface area contributed by atoms with E-state index < -0.39 is 0 Å². The van der Waals surface area contributed by atoms with E-state index in [1.54, 1.807) is 6.92 Å². The Morgan fingerprint density at radius 2 is 1.75 bits per heavy atom. The van der Waals surface area contributed by atoms with Crippen LogP contribution in [0.5, 0.6) is 0 Å². The summed E-state index contributed by atoms with van der Waals surface area (Å²) < 4.78 is 2.16. The van der Waals surface area contributed by atoms with Gasteiger partial charge in [-0.05, 0) is 26.3 Å². The maximum Gasteiger partial charge on any atom is 0.171 e. The van der Waals surface area contributed by atoms with Gasteiger partial charge in [0.15, 0.2) is 11.6 Å². The Morgan fingerprint density at radius 3 is 2.46 bits per heavy atom. The number of aryl methyl sites for hydroxylation is 2. The Labute approximate surface area is 140 Å². The molecule has 120 valence electrons. The molecule has 1 aliphatic rings. The Kier molecular flexibility index (Phi) is 3.38. The third kappa shape index (κ3) is 2.12. The molecule has 0 radical (unpaired) electrons. The molecule has 3 nitrogen and oxygen atoms in total. The highest BCUT2D eigenvalue weighted by Crippen LogP contribution is 2.40. The molecule has 0 N–H and O–H groups in total. The minimum absolute atomic E-state index is 0.0311. The fourth-order valence-electron chi connectivity index (χ4n) is 3.87. The van der Waals surface area contributed by atoms with Crippen molar-refractivity contribution >= 4 is 22.5 Å². The van der Waals surface area contributed by atoms with Gasteiger partial charge in [-0.2, -0.15) is 0 Å². The molecule has 0 saturated heterocycles. The first-order valence-electron chi connectivity index (χ1n) is 8.31. The number of rotatable bonds is 3. The van der Waals surface area contributed by atoms with Gasteiger partial charge in [0.2, 0.25) is 0 Å². The van der Waals surface area contributed by atoms with Crippen LogP contribution in [0.25, 0.3) is 10.9 Å². The molecule has 2 aromatic carbocycles. The van der Waals surface area contributed by atoms with E-state index in [0.29, 0.717) is 5.56 Å². The first-order valence-corrected chi connectivity index (χ1v) is 8.31. The van der Waals surface area contributed by atoms with E-state index in [9.17, 15) is 9.59 Å². The Bertz CT molecular complexity index is 963. The molecule has 1 unspecified atom stereocenters. The summed E-state index contributed by atoms with van der Waals surface area (Å²) in [5, 5.41) is 0.960. The number of hydrogen-bond acceptors (Lipinski definition) is 2. The molecule has 0 aliphatic carbocycles. The Balaban J connectivity index is 1.88. The average Bonchev–Trinajstić information content (AvgIpc) is 3.12. The molecule has 2 heterocycles. The van der Waals surface area contributed by atoms with Gasteiger partial charge in [0.05, 0.1) is 5.92 Å². The largest absolute Gasteiger partial charge is 0.343 e. The lowest BCUT2D eigenvalue weighted by atomic mass is 9.90. The lowest BCUT2D eigenvalue weighted by Crippen LogP contribution is -2.13. The predicted molar refractivity (Wildman–Crippen MR) is 94.8 cm³/mol. The van der Waals surface area contributed by atoms with Gasteiger partial charge in [-0.3, -0.25) is 9.59 Å². The summed E-state index contributed by atoms with van der Waals surface area (Å²) in [6.45, 7) is 4.38. The van der Waals surface area contributed by atoms with Crippen LogP contribution in [0.2, 0.25) is 0 Å². The van der Waals surface area contributed by atoms with Crippen molar-refractivity contribution in [3.05, 3.63) is 70.9 Å². The lowest BCUT2D eigenvalue weighted by molar-refractivity contribution is 0.0959. The third-order valence-electron chi connectivity index (χ3n) is 4.99. The van der Waals surface area contributed by atoms with Gasteiger partial charge in [-0.15, -0.1) is 0 Å². The summed E-state index contributed by atoms with van der Waals surface area (Å²) >= 11 is 0. The summed E-state index contributed by atoms with van der Waals surface area (Å²) in [6, 6.07) is 15.6. The molecule has 4 rings (SSSR count). The number of ketones is 2. The number of carbonyl (C=O) groups is 2. The summed E-state index contributed by atoms with van der Waals surface area (Å²) in [7, 11) is 0. The molecule has 0 bridgehead atoms. The number of para-hydroxylation sites is 1. The second kappa shape index (κ2) is 5.45. The van der Waals surface area contributed by atoms with Crippen molar-refractivity contribution in [1.29, 1.82) is 0 Å². The van der Waals surface area contributed by atoms with Gasteiger partial charge in [0, 0.05) is 34.3 Å². The standard InChI is InChI=1S/C21H19NO2/c1-13-7-9-15(10-8-13)21(24)17-11-12-22-18-6-4-3-5-16(18)19(14(2)23)20(17)22/h3-10,17H,11-12H2,1-2H3. The summed E-state index contributed by atoms with van der Waals surface area (Å²) in [6.07, 6.45) is 0.757. The zero-order chi connectivity index (χ0) is 16.8. The van der Waals surface area contributed by atoms with Crippen molar-refractivity contribution in [3.8, 4) is 0 Å². The van der Waals surface area contributed by atoms with Crippen LogP contribution >= 0.6 is 0 Å². The highest BCUT2D eigenvalue weighted by molar-refractivity contribution is 6.11. The van der Waals surface area contributed by atoms with E-state index in [1.165, 1.54) is 0 Å². The van der Waals surface area contributed by atoms with Crippen molar-refractivity contribution in [2.75, 3.05) is 0 Å². The van der Waals surface area contributed by atoms with Gasteiger partial charge in [-0.25, -0.2) is 0 Å². The highest BCUT2D eigenvalue weighted by atomic mass is 16.1. The minimum atomic E-state index is -0.237. The van der Waals surface area contributed by atoms with Crippen LogP contribution in [0, 0.1) is 6.92 Å². The van der Waals surface area contributed by atoms with E-state index in [4.69, 9.17) is 0 Å². The highest BCUT2D eigenvalue weighted by Gasteiger charge is 2.35. The van der Waals surface area contributed by atoms with Gasteiger partial charge in [0.1, 0.15) is 0 Å². The van der Waals surface area contributed by atoms with Crippen molar-refractivity contribution in [2.24, 2.45) is 0 Å². The molecule has 0 spiro atoms. The summed E-state index contributed by atoms with van der Waals surface area (Å²) in [5.41, 5.74) is 4.52. The summed E-state index contributed by atoms with van der Waals surface area (Å²) in [4.78, 5) is 25.4. The molecule has 0 fully saturated rings. The van der Waals surface area contributed by atoms with Crippen LogP contribution in [0.15, 0.2) is 48.5 Å². The number of aromatic nitrogens is 1. The monoisotopic (exact) mass is 317 g/mol. The Morgan fingerprint density at radius 1 is 1.04 bits per heavy atom. The van der Waals surface area contributed by atoms with Crippen LogP contribution in [-0.4, -0.2) is 16.1 Å². The van der Waals surface area contributed by atoms with Crippen LogP contribution < -0.4 is 0 Å². The number of Topliss-reactive ketones (excluding diaryl/α,β-unsaturated/α-hetero) is 2. The lowest BCUT2D eigenvalue weighted by Gasteiger charge is -2.11. The maximum absolute atomic E-state index is 13.0. The number of nitrogens with zero attached hydrogens (tertiary/aromatic N) is 1. The van der Waals surface area contributed by atoms with Gasteiger partial charge < -0.3 is 4.57 Å². The fraction of sp³-hybridized carbons (Fsp3) is 0.238.